The minimum atomic E-state index is 0.0192. The molecule has 0 atom stereocenters. The first-order valence-corrected chi connectivity index (χ1v) is 10.1. The Morgan fingerprint density at radius 2 is 1.88 bits per heavy atom. The lowest BCUT2D eigenvalue weighted by Gasteiger charge is -2.33. The van der Waals surface area contributed by atoms with Crippen LogP contribution in [0.4, 0.5) is 5.13 Å². The van der Waals surface area contributed by atoms with Crippen molar-refractivity contribution in [1.29, 1.82) is 0 Å². The van der Waals surface area contributed by atoms with Crippen LogP contribution in [0.2, 0.25) is 0 Å². The topological polar surface area (TPSA) is 48.5 Å². The molecular formula is C18H20N4OS2. The van der Waals surface area contributed by atoms with Crippen LogP contribution in [0.3, 0.4) is 0 Å². The molecule has 3 aromatic rings. The van der Waals surface area contributed by atoms with Crippen LogP contribution in [-0.4, -0.2) is 53.4 Å². The Labute approximate surface area is 154 Å². The van der Waals surface area contributed by atoms with Crippen molar-refractivity contribution < 1.29 is 4.79 Å². The van der Waals surface area contributed by atoms with E-state index in [1.165, 1.54) is 16.2 Å². The third kappa shape index (κ3) is 4.24. The number of piperazine rings is 1. The van der Waals surface area contributed by atoms with E-state index in [2.05, 4.69) is 37.6 Å². The van der Waals surface area contributed by atoms with Gasteiger partial charge in [0.05, 0.1) is 16.8 Å². The van der Waals surface area contributed by atoms with Crippen molar-refractivity contribution in [2.75, 3.05) is 38.0 Å². The van der Waals surface area contributed by atoms with Crippen molar-refractivity contribution in [2.24, 2.45) is 0 Å². The first kappa shape index (κ1) is 16.7. The molecule has 1 aliphatic rings. The highest BCUT2D eigenvalue weighted by atomic mass is 32.1. The first-order valence-electron chi connectivity index (χ1n) is 8.39. The number of fused-ring (bicyclic) bond motifs is 1. The smallest absolute Gasteiger partial charge is 0.240 e. The highest BCUT2D eigenvalue weighted by Crippen LogP contribution is 2.25. The molecule has 0 aliphatic carbocycles. The van der Waals surface area contributed by atoms with Crippen molar-refractivity contribution >= 4 is 43.9 Å². The maximum atomic E-state index is 12.3. The van der Waals surface area contributed by atoms with Gasteiger partial charge < -0.3 is 5.32 Å². The highest BCUT2D eigenvalue weighted by molar-refractivity contribution is 7.22. The van der Waals surface area contributed by atoms with E-state index in [0.717, 1.165) is 42.9 Å². The fraction of sp³-hybridized carbons (Fsp3) is 0.333. The fourth-order valence-corrected chi connectivity index (χ4v) is 4.64. The first-order chi connectivity index (χ1) is 12.3. The van der Waals surface area contributed by atoms with Crippen molar-refractivity contribution in [3.63, 3.8) is 0 Å². The molecule has 0 spiro atoms. The van der Waals surface area contributed by atoms with Crippen molar-refractivity contribution in [2.45, 2.75) is 6.54 Å². The van der Waals surface area contributed by atoms with E-state index in [1.807, 2.05) is 24.3 Å². The standard InChI is InChI=1S/C18H20N4OS2/c23-17(20-18-19-15-5-1-2-6-16(15)25-18)13-22-9-7-21(8-10-22)12-14-4-3-11-24-14/h1-6,11H,7-10,12-13H2,(H,19,20,23). The molecule has 1 aliphatic heterocycles. The molecule has 0 bridgehead atoms. The van der Waals surface area contributed by atoms with Gasteiger partial charge in [0, 0.05) is 37.6 Å². The normalized spacial score (nSPS) is 16.3. The second-order valence-corrected chi connectivity index (χ2v) is 8.23. The van der Waals surface area contributed by atoms with Gasteiger partial charge in [0.25, 0.3) is 0 Å². The predicted molar refractivity (Wildman–Crippen MR) is 104 cm³/mol. The molecule has 5 nitrogen and oxygen atoms in total. The average molecular weight is 373 g/mol. The second-order valence-electron chi connectivity index (χ2n) is 6.17. The zero-order chi connectivity index (χ0) is 17.1. The Morgan fingerprint density at radius 1 is 1.08 bits per heavy atom. The molecule has 1 fully saturated rings. The van der Waals surface area contributed by atoms with Gasteiger partial charge in [0.2, 0.25) is 5.91 Å². The number of aromatic nitrogens is 1. The number of hydrogen-bond acceptors (Lipinski definition) is 6. The van der Waals surface area contributed by atoms with E-state index in [0.29, 0.717) is 11.7 Å². The molecule has 0 radical (unpaired) electrons. The van der Waals surface area contributed by atoms with Gasteiger partial charge in [0.1, 0.15) is 0 Å². The number of para-hydroxylation sites is 1. The number of nitrogens with zero attached hydrogens (tertiary/aromatic N) is 3. The van der Waals surface area contributed by atoms with E-state index in [1.54, 1.807) is 11.3 Å². The average Bonchev–Trinajstić information content (AvgIpc) is 3.25. The summed E-state index contributed by atoms with van der Waals surface area (Å²) in [5.41, 5.74) is 0.935. The molecule has 0 saturated carbocycles. The molecule has 0 unspecified atom stereocenters. The van der Waals surface area contributed by atoms with Gasteiger partial charge in [-0.15, -0.1) is 11.3 Å². The number of thiophene rings is 1. The molecule has 1 amide bonds. The van der Waals surface area contributed by atoms with Crippen LogP contribution in [0.25, 0.3) is 10.2 Å². The SMILES string of the molecule is O=C(CN1CCN(Cc2cccs2)CC1)Nc1nc2ccccc2s1. The molecule has 130 valence electrons. The summed E-state index contributed by atoms with van der Waals surface area (Å²) in [6, 6.07) is 12.2. The van der Waals surface area contributed by atoms with Crippen molar-refractivity contribution in [3.8, 4) is 0 Å². The van der Waals surface area contributed by atoms with Crippen LogP contribution in [-0.2, 0) is 11.3 Å². The number of nitrogens with one attached hydrogen (secondary N) is 1. The summed E-state index contributed by atoms with van der Waals surface area (Å²) < 4.78 is 1.10. The number of thiazole rings is 1. The summed E-state index contributed by atoms with van der Waals surface area (Å²) in [5, 5.41) is 5.75. The fourth-order valence-electron chi connectivity index (χ4n) is 3.02. The lowest BCUT2D eigenvalue weighted by atomic mass is 10.3. The van der Waals surface area contributed by atoms with Crippen LogP contribution < -0.4 is 5.32 Å². The van der Waals surface area contributed by atoms with E-state index >= 15 is 0 Å². The number of carbonyl (C=O) groups excluding carboxylic acids is 1. The van der Waals surface area contributed by atoms with Crippen molar-refractivity contribution in [1.82, 2.24) is 14.8 Å². The molecule has 1 N–H and O–H groups in total. The van der Waals surface area contributed by atoms with Crippen molar-refractivity contribution in [3.05, 3.63) is 46.7 Å². The Hall–Kier alpha value is -1.80. The highest BCUT2D eigenvalue weighted by Gasteiger charge is 2.19. The third-order valence-electron chi connectivity index (χ3n) is 4.33. The van der Waals surface area contributed by atoms with E-state index < -0.39 is 0 Å². The Morgan fingerprint density at radius 3 is 2.64 bits per heavy atom. The molecule has 7 heteroatoms. The number of rotatable bonds is 5. The molecular weight excluding hydrogens is 352 g/mol. The van der Waals surface area contributed by atoms with Gasteiger partial charge in [-0.1, -0.05) is 29.5 Å². The molecule has 1 aromatic carbocycles. The molecule has 1 saturated heterocycles. The van der Waals surface area contributed by atoms with Gasteiger partial charge >= 0.3 is 0 Å². The Balaban J connectivity index is 1.26. The van der Waals surface area contributed by atoms with Crippen LogP contribution in [0.5, 0.6) is 0 Å². The Bertz CT molecular complexity index is 805. The zero-order valence-electron chi connectivity index (χ0n) is 13.9. The van der Waals surface area contributed by atoms with Gasteiger partial charge in [0.15, 0.2) is 5.13 Å². The number of anilines is 1. The quantitative estimate of drug-likeness (QED) is 0.748. The summed E-state index contributed by atoms with van der Waals surface area (Å²) in [7, 11) is 0. The zero-order valence-corrected chi connectivity index (χ0v) is 15.5. The van der Waals surface area contributed by atoms with Crippen LogP contribution in [0.1, 0.15) is 4.88 Å². The monoisotopic (exact) mass is 372 g/mol. The maximum Gasteiger partial charge on any atom is 0.240 e. The van der Waals surface area contributed by atoms with Crippen LogP contribution >= 0.6 is 22.7 Å². The lowest BCUT2D eigenvalue weighted by Crippen LogP contribution is -2.48. The molecule has 25 heavy (non-hydrogen) atoms. The summed E-state index contributed by atoms with van der Waals surface area (Å²) >= 11 is 3.33. The maximum absolute atomic E-state index is 12.3. The number of hydrogen-bond donors (Lipinski definition) is 1. The largest absolute Gasteiger partial charge is 0.301 e. The third-order valence-corrected chi connectivity index (χ3v) is 6.14. The number of benzene rings is 1. The lowest BCUT2D eigenvalue weighted by molar-refractivity contribution is -0.117. The van der Waals surface area contributed by atoms with E-state index in [9.17, 15) is 4.79 Å². The van der Waals surface area contributed by atoms with E-state index in [4.69, 9.17) is 0 Å². The second kappa shape index (κ2) is 7.61. The summed E-state index contributed by atoms with van der Waals surface area (Å²) in [5.74, 6) is 0.0192. The van der Waals surface area contributed by atoms with Crippen LogP contribution in [0, 0.1) is 0 Å². The van der Waals surface area contributed by atoms with Gasteiger partial charge in [-0.3, -0.25) is 14.6 Å². The minimum absolute atomic E-state index is 0.0192. The van der Waals surface area contributed by atoms with E-state index in [-0.39, 0.29) is 5.91 Å². The van der Waals surface area contributed by atoms with Gasteiger partial charge in [-0.25, -0.2) is 4.98 Å². The van der Waals surface area contributed by atoms with Gasteiger partial charge in [-0.05, 0) is 23.6 Å². The van der Waals surface area contributed by atoms with Crippen LogP contribution in [0.15, 0.2) is 41.8 Å². The Kier molecular flexibility index (Phi) is 5.07. The minimum Gasteiger partial charge on any atom is -0.301 e. The predicted octanol–water partition coefficient (Wildman–Crippen LogP) is 3.11. The summed E-state index contributed by atoms with van der Waals surface area (Å²) in [4.78, 5) is 22.8. The van der Waals surface area contributed by atoms with Gasteiger partial charge in [-0.2, -0.15) is 0 Å². The number of carbonyl (C=O) groups is 1. The molecule has 2 aromatic heterocycles. The number of amides is 1. The molecule has 3 heterocycles. The summed E-state index contributed by atoms with van der Waals surface area (Å²) in [6.45, 7) is 5.32. The molecule has 4 rings (SSSR count). The summed E-state index contributed by atoms with van der Waals surface area (Å²) in [6.07, 6.45) is 0.